The number of hydrogen-bond donors (Lipinski definition) is 0. The number of hydrogen-bond acceptors (Lipinski definition) is 4. The van der Waals surface area contributed by atoms with Crippen molar-refractivity contribution in [2.45, 2.75) is 17.8 Å². The maximum absolute atomic E-state index is 13.3. The summed E-state index contributed by atoms with van der Waals surface area (Å²) in [6.45, 7) is 2.04. The SMILES string of the molecule is Cc1cccn2cc(CSc3nc4ccccc4c(=O)n3-c3ccccc3Cl)nc12. The predicted octanol–water partition coefficient (Wildman–Crippen LogP) is 5.29. The first kappa shape index (κ1) is 18.9. The molecule has 0 saturated carbocycles. The van der Waals surface area contributed by atoms with Crippen LogP contribution in [-0.2, 0) is 5.75 Å². The van der Waals surface area contributed by atoms with Crippen LogP contribution in [0, 0.1) is 6.92 Å². The highest BCUT2D eigenvalue weighted by Crippen LogP contribution is 2.27. The second kappa shape index (κ2) is 7.63. The molecule has 5 rings (SSSR count). The molecule has 0 atom stereocenters. The second-order valence-electron chi connectivity index (χ2n) is 6.95. The molecule has 5 nitrogen and oxygen atoms in total. The molecule has 0 aliphatic carbocycles. The van der Waals surface area contributed by atoms with Crippen molar-refractivity contribution in [3.8, 4) is 5.69 Å². The first-order valence-electron chi connectivity index (χ1n) is 9.44. The minimum Gasteiger partial charge on any atom is -0.307 e. The normalized spacial score (nSPS) is 11.4. The Bertz CT molecular complexity index is 1460. The lowest BCUT2D eigenvalue weighted by atomic mass is 10.2. The molecule has 0 amide bonds. The van der Waals surface area contributed by atoms with Gasteiger partial charge in [-0.3, -0.25) is 9.36 Å². The second-order valence-corrected chi connectivity index (χ2v) is 8.30. The van der Waals surface area contributed by atoms with Crippen molar-refractivity contribution in [3.05, 3.63) is 99.7 Å². The topological polar surface area (TPSA) is 52.2 Å². The summed E-state index contributed by atoms with van der Waals surface area (Å²) in [4.78, 5) is 22.8. The van der Waals surface area contributed by atoms with E-state index < -0.39 is 0 Å². The van der Waals surface area contributed by atoms with Crippen molar-refractivity contribution < 1.29 is 0 Å². The van der Waals surface area contributed by atoms with E-state index in [0.29, 0.717) is 32.5 Å². The summed E-state index contributed by atoms with van der Waals surface area (Å²) in [5.74, 6) is 0.580. The van der Waals surface area contributed by atoms with Crippen LogP contribution in [0.4, 0.5) is 0 Å². The number of aromatic nitrogens is 4. The summed E-state index contributed by atoms with van der Waals surface area (Å²) in [6, 6.07) is 18.7. The lowest BCUT2D eigenvalue weighted by molar-refractivity contribution is 0.819. The molecule has 3 heterocycles. The molecule has 0 aliphatic heterocycles. The lowest BCUT2D eigenvalue weighted by Crippen LogP contribution is -2.22. The highest BCUT2D eigenvalue weighted by molar-refractivity contribution is 7.98. The van der Waals surface area contributed by atoms with Gasteiger partial charge in [0.15, 0.2) is 5.16 Å². The van der Waals surface area contributed by atoms with Gasteiger partial charge >= 0.3 is 0 Å². The molecule has 30 heavy (non-hydrogen) atoms. The number of benzene rings is 2. The van der Waals surface area contributed by atoms with Crippen LogP contribution in [0.2, 0.25) is 5.02 Å². The summed E-state index contributed by atoms with van der Waals surface area (Å²) >= 11 is 7.90. The third-order valence-corrected chi connectivity index (χ3v) is 6.21. The van der Waals surface area contributed by atoms with E-state index in [9.17, 15) is 4.79 Å². The number of pyridine rings is 1. The number of nitrogens with zero attached hydrogens (tertiary/aromatic N) is 4. The van der Waals surface area contributed by atoms with Crippen molar-refractivity contribution >= 4 is 39.9 Å². The molecule has 0 saturated heterocycles. The Balaban J connectivity index is 1.62. The molecule has 0 N–H and O–H groups in total. The van der Waals surface area contributed by atoms with E-state index >= 15 is 0 Å². The zero-order chi connectivity index (χ0) is 20.7. The van der Waals surface area contributed by atoms with Crippen LogP contribution < -0.4 is 5.56 Å². The standard InChI is InChI=1S/C23H17ClN4OS/c1-15-7-6-12-27-13-16(25-21(15)27)14-30-23-26-19-10-4-2-8-17(19)22(29)28(23)20-11-5-3-9-18(20)24/h2-13H,14H2,1H3. The van der Waals surface area contributed by atoms with Crippen molar-refractivity contribution in [2.75, 3.05) is 0 Å². The average molecular weight is 433 g/mol. The molecule has 2 aromatic carbocycles. The van der Waals surface area contributed by atoms with Gasteiger partial charge in [-0.25, -0.2) is 9.97 Å². The van der Waals surface area contributed by atoms with E-state index in [4.69, 9.17) is 21.6 Å². The van der Waals surface area contributed by atoms with Crippen LogP contribution in [0.3, 0.4) is 0 Å². The van der Waals surface area contributed by atoms with Crippen molar-refractivity contribution in [1.82, 2.24) is 18.9 Å². The van der Waals surface area contributed by atoms with Crippen LogP contribution in [0.15, 0.2) is 83.0 Å². The van der Waals surface area contributed by atoms with Crippen molar-refractivity contribution in [2.24, 2.45) is 0 Å². The van der Waals surface area contributed by atoms with Gasteiger partial charge in [0.2, 0.25) is 0 Å². The highest BCUT2D eigenvalue weighted by atomic mass is 35.5. The molecule has 0 radical (unpaired) electrons. The van der Waals surface area contributed by atoms with Crippen LogP contribution in [0.25, 0.3) is 22.2 Å². The zero-order valence-corrected chi connectivity index (χ0v) is 17.7. The van der Waals surface area contributed by atoms with Gasteiger partial charge in [-0.1, -0.05) is 53.7 Å². The number of rotatable bonds is 4. The van der Waals surface area contributed by atoms with Crippen LogP contribution in [0.5, 0.6) is 0 Å². The molecule has 5 aromatic rings. The fourth-order valence-corrected chi connectivity index (χ4v) is 4.58. The molecule has 0 spiro atoms. The van der Waals surface area contributed by atoms with Crippen LogP contribution in [0.1, 0.15) is 11.3 Å². The highest BCUT2D eigenvalue weighted by Gasteiger charge is 2.16. The monoisotopic (exact) mass is 432 g/mol. The van der Waals surface area contributed by atoms with E-state index in [1.54, 1.807) is 16.7 Å². The minimum atomic E-state index is -0.137. The Morgan fingerprint density at radius 2 is 1.80 bits per heavy atom. The van der Waals surface area contributed by atoms with E-state index in [1.807, 2.05) is 72.2 Å². The number of para-hydroxylation sites is 2. The van der Waals surface area contributed by atoms with Crippen LogP contribution >= 0.6 is 23.4 Å². The molecular weight excluding hydrogens is 416 g/mol. The molecule has 7 heteroatoms. The largest absolute Gasteiger partial charge is 0.307 e. The maximum Gasteiger partial charge on any atom is 0.266 e. The summed E-state index contributed by atoms with van der Waals surface area (Å²) in [5.41, 5.74) is 4.12. The Hall–Kier alpha value is -3.09. The Labute approximate surface area is 182 Å². The average Bonchev–Trinajstić information content (AvgIpc) is 3.18. The number of thioether (sulfide) groups is 1. The van der Waals surface area contributed by atoms with Gasteiger partial charge in [-0.2, -0.15) is 0 Å². The maximum atomic E-state index is 13.3. The predicted molar refractivity (Wildman–Crippen MR) is 122 cm³/mol. The Morgan fingerprint density at radius 3 is 2.63 bits per heavy atom. The molecule has 3 aromatic heterocycles. The summed E-state index contributed by atoms with van der Waals surface area (Å²) < 4.78 is 3.61. The van der Waals surface area contributed by atoms with E-state index in [-0.39, 0.29) is 5.56 Å². The summed E-state index contributed by atoms with van der Waals surface area (Å²) in [6.07, 6.45) is 3.99. The molecule has 0 bridgehead atoms. The molecule has 0 aliphatic rings. The number of imidazole rings is 1. The van der Waals surface area contributed by atoms with Gasteiger partial charge in [-0.15, -0.1) is 0 Å². The first-order valence-corrected chi connectivity index (χ1v) is 10.8. The molecule has 0 unspecified atom stereocenters. The summed E-state index contributed by atoms with van der Waals surface area (Å²) in [7, 11) is 0. The number of halogens is 1. The van der Waals surface area contributed by atoms with Gasteiger partial charge < -0.3 is 4.40 Å². The van der Waals surface area contributed by atoms with Crippen LogP contribution in [-0.4, -0.2) is 18.9 Å². The van der Waals surface area contributed by atoms with Gasteiger partial charge in [-0.05, 0) is 42.8 Å². The molecular formula is C23H17ClN4OS. The zero-order valence-electron chi connectivity index (χ0n) is 16.1. The summed E-state index contributed by atoms with van der Waals surface area (Å²) in [5, 5.41) is 1.65. The Kier molecular flexibility index (Phi) is 4.81. The third kappa shape index (κ3) is 3.28. The van der Waals surface area contributed by atoms with Gasteiger partial charge in [0.25, 0.3) is 5.56 Å². The van der Waals surface area contributed by atoms with E-state index in [1.165, 1.54) is 11.8 Å². The smallest absolute Gasteiger partial charge is 0.266 e. The lowest BCUT2D eigenvalue weighted by Gasteiger charge is -2.14. The van der Waals surface area contributed by atoms with E-state index in [2.05, 4.69) is 0 Å². The fraction of sp³-hybridized carbons (Fsp3) is 0.0870. The molecule has 148 valence electrons. The number of aryl methyl sites for hydroxylation is 1. The van der Waals surface area contributed by atoms with Crippen molar-refractivity contribution in [1.29, 1.82) is 0 Å². The van der Waals surface area contributed by atoms with Gasteiger partial charge in [0, 0.05) is 18.1 Å². The number of fused-ring (bicyclic) bond motifs is 2. The van der Waals surface area contributed by atoms with Gasteiger partial charge in [0.05, 0.1) is 27.3 Å². The van der Waals surface area contributed by atoms with E-state index in [0.717, 1.165) is 16.9 Å². The Morgan fingerprint density at radius 1 is 1.00 bits per heavy atom. The fourth-order valence-electron chi connectivity index (χ4n) is 3.47. The minimum absolute atomic E-state index is 0.137. The third-order valence-electron chi connectivity index (χ3n) is 4.92. The quantitative estimate of drug-likeness (QED) is 0.286. The first-order chi connectivity index (χ1) is 14.6. The molecule has 0 fully saturated rings. The van der Waals surface area contributed by atoms with Crippen molar-refractivity contribution in [3.63, 3.8) is 0 Å². The van der Waals surface area contributed by atoms with Gasteiger partial charge in [0.1, 0.15) is 5.65 Å².